The smallest absolute Gasteiger partial charge is 0.302 e. The molecule has 0 saturated heterocycles. The van der Waals surface area contributed by atoms with Crippen molar-refractivity contribution in [3.05, 3.63) is 35.5 Å². The van der Waals surface area contributed by atoms with Gasteiger partial charge in [-0.3, -0.25) is 9.59 Å². The molecule has 0 radical (unpaired) electrons. The maximum Gasteiger partial charge on any atom is 0.302 e. The van der Waals surface area contributed by atoms with E-state index in [1.807, 2.05) is 6.08 Å². The third kappa shape index (κ3) is 3.73. The topological polar surface area (TPSA) is 76.4 Å². The number of nitrogens with zero attached hydrogens (tertiary/aromatic N) is 1. The molecule has 3 aliphatic rings. The molecule has 3 rings (SSSR count). The number of hydrogen-bond donors (Lipinski definition) is 0. The van der Waals surface area contributed by atoms with Crippen molar-refractivity contribution in [2.75, 3.05) is 6.61 Å². The first-order chi connectivity index (χ1) is 14.2. The quantitative estimate of drug-likeness (QED) is 0.486. The van der Waals surface area contributed by atoms with Crippen LogP contribution in [0.2, 0.25) is 0 Å². The third-order valence-corrected chi connectivity index (χ3v) is 7.71. The van der Waals surface area contributed by atoms with Crippen LogP contribution >= 0.6 is 0 Å². The molecular formula is C25H33NO4. The predicted octanol–water partition coefficient (Wildman–Crippen LogP) is 4.90. The SMILES string of the molecule is CC(=O)OCC1(/C=C\C#N)C(=C(C)C)C=CC2C1CCC1(C)C(OC(C)=O)CCC21. The van der Waals surface area contributed by atoms with Crippen LogP contribution in [0.25, 0.3) is 0 Å². The van der Waals surface area contributed by atoms with E-state index >= 15 is 0 Å². The predicted molar refractivity (Wildman–Crippen MR) is 114 cm³/mol. The number of hydrogen-bond acceptors (Lipinski definition) is 5. The normalized spacial score (nSPS) is 37.3. The van der Waals surface area contributed by atoms with Crippen molar-refractivity contribution in [2.45, 2.75) is 66.4 Å². The lowest BCUT2D eigenvalue weighted by atomic mass is 9.50. The summed E-state index contributed by atoms with van der Waals surface area (Å²) in [6, 6.07) is 2.14. The van der Waals surface area contributed by atoms with E-state index in [1.54, 1.807) is 0 Å². The monoisotopic (exact) mass is 411 g/mol. The summed E-state index contributed by atoms with van der Waals surface area (Å²) in [5, 5.41) is 9.29. The minimum absolute atomic E-state index is 0.0447. The van der Waals surface area contributed by atoms with Crippen molar-refractivity contribution >= 4 is 11.9 Å². The van der Waals surface area contributed by atoms with Crippen molar-refractivity contribution in [2.24, 2.45) is 28.6 Å². The van der Waals surface area contributed by atoms with Crippen LogP contribution in [0.3, 0.4) is 0 Å². The standard InChI is InChI=1S/C25H33NO4/c1-16(2)20-8-7-19-21-9-10-23(30-18(4)28)24(21,5)13-11-22(19)25(20,12-6-14-26)15-29-17(3)27/h6-8,12,19,21-23H,9-11,13,15H2,1-5H3/b12-6-. The van der Waals surface area contributed by atoms with Gasteiger partial charge in [0.25, 0.3) is 0 Å². The van der Waals surface area contributed by atoms with Gasteiger partial charge in [-0.25, -0.2) is 0 Å². The van der Waals surface area contributed by atoms with E-state index in [1.165, 1.54) is 19.9 Å². The zero-order valence-corrected chi connectivity index (χ0v) is 18.7. The van der Waals surface area contributed by atoms with Crippen LogP contribution in [0.15, 0.2) is 35.5 Å². The van der Waals surface area contributed by atoms with Crippen LogP contribution in [-0.4, -0.2) is 24.6 Å². The Bertz CT molecular complexity index is 844. The van der Waals surface area contributed by atoms with Gasteiger partial charge in [0.05, 0.1) is 11.5 Å². The summed E-state index contributed by atoms with van der Waals surface area (Å²) in [5.74, 6) is 0.381. The lowest BCUT2D eigenvalue weighted by molar-refractivity contribution is -0.156. The molecule has 2 fully saturated rings. The van der Waals surface area contributed by atoms with Crippen molar-refractivity contribution in [1.82, 2.24) is 0 Å². The molecule has 0 aromatic rings. The lowest BCUT2D eigenvalue weighted by Gasteiger charge is -2.55. The zero-order valence-electron chi connectivity index (χ0n) is 18.7. The van der Waals surface area contributed by atoms with Crippen LogP contribution in [-0.2, 0) is 19.1 Å². The number of ether oxygens (including phenoxy) is 2. The van der Waals surface area contributed by atoms with Gasteiger partial charge in [0.1, 0.15) is 12.7 Å². The van der Waals surface area contributed by atoms with Gasteiger partial charge in [0.2, 0.25) is 0 Å². The Morgan fingerprint density at radius 1 is 1.17 bits per heavy atom. The molecule has 5 nitrogen and oxygen atoms in total. The van der Waals surface area contributed by atoms with Crippen LogP contribution in [0, 0.1) is 39.9 Å². The Labute approximate surface area is 179 Å². The number of esters is 2. The molecule has 3 aliphatic carbocycles. The summed E-state index contributed by atoms with van der Waals surface area (Å²) in [6.45, 7) is 9.56. The highest BCUT2D eigenvalue weighted by atomic mass is 16.5. The molecule has 6 atom stereocenters. The summed E-state index contributed by atoms with van der Waals surface area (Å²) < 4.78 is 11.3. The Morgan fingerprint density at radius 2 is 1.90 bits per heavy atom. The minimum Gasteiger partial charge on any atom is -0.465 e. The van der Waals surface area contributed by atoms with Gasteiger partial charge >= 0.3 is 11.9 Å². The molecule has 0 aromatic carbocycles. The van der Waals surface area contributed by atoms with Gasteiger partial charge < -0.3 is 9.47 Å². The van der Waals surface area contributed by atoms with E-state index in [0.29, 0.717) is 5.92 Å². The highest BCUT2D eigenvalue weighted by molar-refractivity contribution is 5.66. The molecule has 0 spiro atoms. The molecule has 0 aliphatic heterocycles. The number of rotatable bonds is 4. The third-order valence-electron chi connectivity index (χ3n) is 7.71. The van der Waals surface area contributed by atoms with Crippen molar-refractivity contribution < 1.29 is 19.1 Å². The maximum absolute atomic E-state index is 11.7. The Balaban J connectivity index is 2.06. The molecule has 6 unspecified atom stereocenters. The number of fused-ring (bicyclic) bond motifs is 3. The molecule has 0 amide bonds. The highest BCUT2D eigenvalue weighted by Gasteiger charge is 2.59. The van der Waals surface area contributed by atoms with Crippen LogP contribution in [0.1, 0.15) is 60.3 Å². The molecule has 162 valence electrons. The molecule has 0 bridgehead atoms. The van der Waals surface area contributed by atoms with Gasteiger partial charge in [-0.2, -0.15) is 5.26 Å². The van der Waals surface area contributed by atoms with Crippen LogP contribution in [0.5, 0.6) is 0 Å². The molecule has 5 heteroatoms. The second-order valence-electron chi connectivity index (χ2n) is 9.57. The van der Waals surface area contributed by atoms with E-state index in [2.05, 4.69) is 39.0 Å². The Morgan fingerprint density at radius 3 is 2.50 bits per heavy atom. The average molecular weight is 412 g/mol. The van der Waals surface area contributed by atoms with E-state index in [-0.39, 0.29) is 41.9 Å². The largest absolute Gasteiger partial charge is 0.465 e. The molecule has 2 saturated carbocycles. The number of carbonyl (C=O) groups excluding carboxylic acids is 2. The number of allylic oxidation sites excluding steroid dienone is 4. The molecule has 0 heterocycles. The Hall–Kier alpha value is -2.35. The summed E-state index contributed by atoms with van der Waals surface area (Å²) in [5.41, 5.74) is 1.73. The number of nitriles is 1. The van der Waals surface area contributed by atoms with Crippen LogP contribution in [0.4, 0.5) is 0 Å². The first-order valence-electron chi connectivity index (χ1n) is 10.9. The number of carbonyl (C=O) groups is 2. The Kier molecular flexibility index (Phi) is 6.26. The molecular weight excluding hydrogens is 378 g/mol. The van der Waals surface area contributed by atoms with E-state index in [0.717, 1.165) is 36.8 Å². The second kappa shape index (κ2) is 8.41. The van der Waals surface area contributed by atoms with Gasteiger partial charge in [0, 0.05) is 25.3 Å². The molecule has 30 heavy (non-hydrogen) atoms. The lowest BCUT2D eigenvalue weighted by Crippen LogP contribution is -2.51. The average Bonchev–Trinajstić information content (AvgIpc) is 3.00. The van der Waals surface area contributed by atoms with E-state index in [4.69, 9.17) is 9.47 Å². The maximum atomic E-state index is 11.7. The van der Waals surface area contributed by atoms with Crippen molar-refractivity contribution in [1.29, 1.82) is 5.26 Å². The summed E-state index contributed by atoms with van der Waals surface area (Å²) in [6.07, 6.45) is 11.7. The molecule has 0 N–H and O–H groups in total. The first kappa shape index (κ1) is 22.3. The van der Waals surface area contributed by atoms with Gasteiger partial charge in [-0.1, -0.05) is 30.7 Å². The van der Waals surface area contributed by atoms with E-state index in [9.17, 15) is 14.9 Å². The van der Waals surface area contributed by atoms with Gasteiger partial charge in [-0.15, -0.1) is 0 Å². The fourth-order valence-electron chi connectivity index (χ4n) is 6.46. The summed E-state index contributed by atoms with van der Waals surface area (Å²) in [7, 11) is 0. The summed E-state index contributed by atoms with van der Waals surface area (Å²) in [4.78, 5) is 23.4. The first-order valence-corrected chi connectivity index (χ1v) is 10.9. The second-order valence-corrected chi connectivity index (χ2v) is 9.57. The fourth-order valence-corrected chi connectivity index (χ4v) is 6.46. The van der Waals surface area contributed by atoms with Gasteiger partial charge in [-0.05, 0) is 62.9 Å². The van der Waals surface area contributed by atoms with Crippen molar-refractivity contribution in [3.8, 4) is 6.07 Å². The van der Waals surface area contributed by atoms with Crippen LogP contribution < -0.4 is 0 Å². The fraction of sp³-hybridized carbons (Fsp3) is 0.640. The van der Waals surface area contributed by atoms with E-state index < -0.39 is 5.41 Å². The highest BCUT2D eigenvalue weighted by Crippen LogP contribution is 2.63. The minimum atomic E-state index is -0.513. The summed E-state index contributed by atoms with van der Waals surface area (Å²) >= 11 is 0. The zero-order chi connectivity index (χ0) is 22.1. The molecule has 0 aromatic heterocycles. The van der Waals surface area contributed by atoms with Crippen molar-refractivity contribution in [3.63, 3.8) is 0 Å². The van der Waals surface area contributed by atoms with Gasteiger partial charge in [0.15, 0.2) is 0 Å².